The highest BCUT2D eigenvalue weighted by Crippen LogP contribution is 2.33. The van der Waals surface area contributed by atoms with Gasteiger partial charge in [-0.2, -0.15) is 0 Å². The Bertz CT molecular complexity index is 962. The van der Waals surface area contributed by atoms with Crippen LogP contribution in [-0.4, -0.2) is 68.8 Å². The zero-order chi connectivity index (χ0) is 24.6. The average Bonchev–Trinajstić information content (AvgIpc) is 3.18. The fourth-order valence-electron chi connectivity index (χ4n) is 3.65. The molecule has 0 saturated carbocycles. The number of hydrogen-bond donors (Lipinski definition) is 2. The molecule has 1 amide bonds. The number of nitrogens with one attached hydrogen (secondary N) is 1. The summed E-state index contributed by atoms with van der Waals surface area (Å²) >= 11 is 3.45. The lowest BCUT2D eigenvalue weighted by Crippen LogP contribution is -2.54. The molecular weight excluding hydrogens is 504 g/mol. The van der Waals surface area contributed by atoms with Crippen molar-refractivity contribution in [2.45, 2.75) is 37.7 Å². The molecular formula is C25H31BrN2O6. The molecule has 1 aliphatic rings. The van der Waals surface area contributed by atoms with Crippen LogP contribution in [0.4, 0.5) is 0 Å². The SMILES string of the molecule is COC(CNC(=O)[C@]1(Cc2ccc(Br)cc2)N=C(c2ccc(OCCCO)cc2)O[C@@H]1C)OC. The maximum Gasteiger partial charge on any atom is 0.252 e. The number of aliphatic imine (C=N–C) groups is 1. The molecule has 3 rings (SSSR count). The number of hydrogen-bond acceptors (Lipinski definition) is 7. The molecule has 8 nitrogen and oxygen atoms in total. The second-order valence-electron chi connectivity index (χ2n) is 7.97. The lowest BCUT2D eigenvalue weighted by atomic mass is 9.86. The smallest absolute Gasteiger partial charge is 0.252 e. The summed E-state index contributed by atoms with van der Waals surface area (Å²) in [5.41, 5.74) is 0.547. The third-order valence-electron chi connectivity index (χ3n) is 5.67. The molecule has 0 aromatic heterocycles. The molecule has 34 heavy (non-hydrogen) atoms. The number of ether oxygens (including phenoxy) is 4. The summed E-state index contributed by atoms with van der Waals surface area (Å²) in [5.74, 6) is 0.825. The van der Waals surface area contributed by atoms with Crippen LogP contribution in [0.25, 0.3) is 0 Å². The van der Waals surface area contributed by atoms with Crippen LogP contribution in [0.5, 0.6) is 5.75 Å². The summed E-state index contributed by atoms with van der Waals surface area (Å²) in [6.07, 6.45) is -0.136. The quantitative estimate of drug-likeness (QED) is 0.320. The van der Waals surface area contributed by atoms with Gasteiger partial charge in [-0.25, -0.2) is 4.99 Å². The lowest BCUT2D eigenvalue weighted by molar-refractivity contribution is -0.134. The van der Waals surface area contributed by atoms with Gasteiger partial charge in [0.2, 0.25) is 5.90 Å². The van der Waals surface area contributed by atoms with E-state index in [1.807, 2.05) is 55.5 Å². The van der Waals surface area contributed by atoms with Gasteiger partial charge in [0.25, 0.3) is 5.91 Å². The van der Waals surface area contributed by atoms with E-state index in [2.05, 4.69) is 21.2 Å². The number of nitrogens with zero attached hydrogens (tertiary/aromatic N) is 1. The largest absolute Gasteiger partial charge is 0.494 e. The molecule has 2 atom stereocenters. The molecule has 2 aromatic carbocycles. The van der Waals surface area contributed by atoms with Gasteiger partial charge in [-0.15, -0.1) is 0 Å². The highest BCUT2D eigenvalue weighted by molar-refractivity contribution is 9.10. The van der Waals surface area contributed by atoms with E-state index in [1.165, 1.54) is 14.2 Å². The molecule has 2 aromatic rings. The minimum atomic E-state index is -1.16. The van der Waals surface area contributed by atoms with Crippen LogP contribution < -0.4 is 10.1 Å². The number of carbonyl (C=O) groups excluding carboxylic acids is 1. The molecule has 0 fully saturated rings. The van der Waals surface area contributed by atoms with Crippen molar-refractivity contribution in [3.63, 3.8) is 0 Å². The van der Waals surface area contributed by atoms with Crippen LogP contribution in [0.15, 0.2) is 58.0 Å². The van der Waals surface area contributed by atoms with Crippen LogP contribution in [0.2, 0.25) is 0 Å². The summed E-state index contributed by atoms with van der Waals surface area (Å²) in [4.78, 5) is 18.3. The van der Waals surface area contributed by atoms with Gasteiger partial charge in [0.15, 0.2) is 11.8 Å². The van der Waals surface area contributed by atoms with Crippen LogP contribution >= 0.6 is 15.9 Å². The molecule has 0 aliphatic carbocycles. The third-order valence-corrected chi connectivity index (χ3v) is 6.20. The number of benzene rings is 2. The van der Waals surface area contributed by atoms with E-state index in [1.54, 1.807) is 0 Å². The van der Waals surface area contributed by atoms with E-state index in [-0.39, 0.29) is 19.1 Å². The molecule has 184 valence electrons. The van der Waals surface area contributed by atoms with Crippen LogP contribution in [0, 0.1) is 0 Å². The first-order chi connectivity index (χ1) is 16.4. The maximum atomic E-state index is 13.5. The molecule has 9 heteroatoms. The maximum absolute atomic E-state index is 13.5. The number of aliphatic hydroxyl groups excluding tert-OH is 1. The molecule has 1 aliphatic heterocycles. The highest BCUT2D eigenvalue weighted by Gasteiger charge is 2.50. The van der Waals surface area contributed by atoms with Gasteiger partial charge in [-0.1, -0.05) is 28.1 Å². The predicted molar refractivity (Wildman–Crippen MR) is 132 cm³/mol. The van der Waals surface area contributed by atoms with Crippen molar-refractivity contribution in [1.82, 2.24) is 5.32 Å². The molecule has 0 spiro atoms. The zero-order valence-corrected chi connectivity index (χ0v) is 21.2. The lowest BCUT2D eigenvalue weighted by Gasteiger charge is -2.29. The fourth-order valence-corrected chi connectivity index (χ4v) is 3.91. The monoisotopic (exact) mass is 534 g/mol. The average molecular weight is 535 g/mol. The van der Waals surface area contributed by atoms with Crippen molar-refractivity contribution >= 4 is 27.7 Å². The number of carbonyl (C=O) groups is 1. The van der Waals surface area contributed by atoms with Gasteiger partial charge < -0.3 is 29.4 Å². The fraction of sp³-hybridized carbons (Fsp3) is 0.440. The first-order valence-corrected chi connectivity index (χ1v) is 11.9. The minimum absolute atomic E-state index is 0.0820. The first-order valence-electron chi connectivity index (χ1n) is 11.1. The number of methoxy groups -OCH3 is 2. The van der Waals surface area contributed by atoms with Crippen molar-refractivity contribution in [3.05, 3.63) is 64.1 Å². The second kappa shape index (κ2) is 12.3. The van der Waals surface area contributed by atoms with Gasteiger partial charge in [-0.05, 0) is 48.9 Å². The summed E-state index contributed by atoms with van der Waals surface area (Å²) in [5, 5.41) is 11.8. The first kappa shape index (κ1) is 26.2. The Morgan fingerprint density at radius 2 is 1.85 bits per heavy atom. The Hall–Kier alpha value is -2.46. The number of halogens is 1. The van der Waals surface area contributed by atoms with Crippen molar-refractivity contribution in [1.29, 1.82) is 0 Å². The Morgan fingerprint density at radius 3 is 2.47 bits per heavy atom. The molecule has 0 bridgehead atoms. The molecule has 1 heterocycles. The summed E-state index contributed by atoms with van der Waals surface area (Å²) in [7, 11) is 3.04. The molecule has 0 radical (unpaired) electrons. The topological polar surface area (TPSA) is 98.6 Å². The van der Waals surface area contributed by atoms with Crippen molar-refractivity contribution in [2.75, 3.05) is 34.0 Å². The zero-order valence-electron chi connectivity index (χ0n) is 19.6. The Kier molecular flexibility index (Phi) is 9.46. The van der Waals surface area contributed by atoms with Gasteiger partial charge >= 0.3 is 0 Å². The molecule has 0 unspecified atom stereocenters. The van der Waals surface area contributed by atoms with E-state index in [4.69, 9.17) is 29.0 Å². The van der Waals surface area contributed by atoms with Crippen molar-refractivity contribution in [2.24, 2.45) is 4.99 Å². The van der Waals surface area contributed by atoms with Crippen LogP contribution in [0.1, 0.15) is 24.5 Å². The number of amides is 1. The number of aliphatic hydroxyl groups is 1. The van der Waals surface area contributed by atoms with E-state index < -0.39 is 17.9 Å². The van der Waals surface area contributed by atoms with Gasteiger partial charge in [0, 0.05) is 43.7 Å². The highest BCUT2D eigenvalue weighted by atomic mass is 79.9. The van der Waals surface area contributed by atoms with E-state index >= 15 is 0 Å². The standard InChI is InChI=1S/C25H31BrN2O6/c1-17-25(15-18-5-9-20(26)10-6-18,24(30)27-16-22(31-2)32-3)28-23(34-17)19-7-11-21(12-8-19)33-14-4-13-29/h5-12,17,22,29H,4,13-16H2,1-3H3,(H,27,30)/t17-,25-/m1/s1. The second-order valence-corrected chi connectivity index (χ2v) is 8.88. The van der Waals surface area contributed by atoms with E-state index in [9.17, 15) is 4.79 Å². The summed E-state index contributed by atoms with van der Waals surface area (Å²) < 4.78 is 23.1. The number of rotatable bonds is 12. The Balaban J connectivity index is 1.87. The van der Waals surface area contributed by atoms with E-state index in [0.29, 0.717) is 31.1 Å². The Labute approximate surface area is 208 Å². The van der Waals surface area contributed by atoms with Gasteiger partial charge in [0.05, 0.1) is 13.2 Å². The van der Waals surface area contributed by atoms with E-state index in [0.717, 1.165) is 15.6 Å². The van der Waals surface area contributed by atoms with Crippen molar-refractivity contribution in [3.8, 4) is 5.75 Å². The van der Waals surface area contributed by atoms with Gasteiger partial charge in [-0.3, -0.25) is 4.79 Å². The normalized spacial score (nSPS) is 19.6. The summed E-state index contributed by atoms with van der Waals surface area (Å²) in [6.45, 7) is 2.56. The van der Waals surface area contributed by atoms with Gasteiger partial charge in [0.1, 0.15) is 11.9 Å². The van der Waals surface area contributed by atoms with Crippen molar-refractivity contribution < 1.29 is 28.8 Å². The predicted octanol–water partition coefficient (Wildman–Crippen LogP) is 3.09. The summed E-state index contributed by atoms with van der Waals surface area (Å²) in [6, 6.07) is 15.1. The molecule has 0 saturated heterocycles. The Morgan fingerprint density at radius 1 is 1.18 bits per heavy atom. The van der Waals surface area contributed by atoms with Crippen LogP contribution in [-0.2, 0) is 25.4 Å². The third kappa shape index (κ3) is 6.35. The minimum Gasteiger partial charge on any atom is -0.494 e. The van der Waals surface area contributed by atoms with Crippen LogP contribution in [0.3, 0.4) is 0 Å². The molecule has 2 N–H and O–H groups in total.